The van der Waals surface area contributed by atoms with Gasteiger partial charge >= 0.3 is 0 Å². The lowest BCUT2D eigenvalue weighted by atomic mass is 10.1. The topological polar surface area (TPSA) is 93.1 Å². The van der Waals surface area contributed by atoms with Crippen LogP contribution in [0.4, 0.5) is 17.6 Å². The molecular weight excluding hydrogens is 204 g/mol. The number of nitrogens with zero attached hydrogens (tertiary/aromatic N) is 3. The Morgan fingerprint density at radius 1 is 1.44 bits per heavy atom. The minimum absolute atomic E-state index is 0.248. The maximum Gasteiger partial charge on any atom is 0.223 e. The van der Waals surface area contributed by atoms with Gasteiger partial charge in [0, 0.05) is 31.2 Å². The van der Waals surface area contributed by atoms with Crippen LogP contribution in [0.1, 0.15) is 13.8 Å². The van der Waals surface area contributed by atoms with Crippen molar-refractivity contribution in [2.24, 2.45) is 5.73 Å². The van der Waals surface area contributed by atoms with Gasteiger partial charge in [-0.3, -0.25) is 0 Å². The molecule has 0 saturated carbocycles. The Morgan fingerprint density at radius 2 is 2.12 bits per heavy atom. The van der Waals surface area contributed by atoms with Crippen molar-refractivity contribution in [3.63, 3.8) is 0 Å². The van der Waals surface area contributed by atoms with Crippen molar-refractivity contribution < 1.29 is 0 Å². The van der Waals surface area contributed by atoms with Crippen molar-refractivity contribution in [2.75, 3.05) is 29.0 Å². The van der Waals surface area contributed by atoms with E-state index in [2.05, 4.69) is 34.0 Å². The van der Waals surface area contributed by atoms with E-state index >= 15 is 0 Å². The number of rotatable bonds is 3. The van der Waals surface area contributed by atoms with Crippen molar-refractivity contribution in [1.82, 2.24) is 9.97 Å². The Hall–Kier alpha value is -1.56. The monoisotopic (exact) mass is 222 g/mol. The predicted molar refractivity (Wildman–Crippen MR) is 65.4 cm³/mol. The van der Waals surface area contributed by atoms with Gasteiger partial charge in [0.15, 0.2) is 0 Å². The van der Waals surface area contributed by atoms with Crippen molar-refractivity contribution in [3.05, 3.63) is 6.07 Å². The zero-order valence-corrected chi connectivity index (χ0v) is 9.64. The van der Waals surface area contributed by atoms with Crippen LogP contribution in [0.25, 0.3) is 0 Å². The van der Waals surface area contributed by atoms with Crippen molar-refractivity contribution in [3.8, 4) is 0 Å². The molecule has 0 atom stereocenters. The third-order valence-electron chi connectivity index (χ3n) is 2.40. The number of nitrogen functional groups attached to an aromatic ring is 1. The first-order chi connectivity index (χ1) is 7.54. The fourth-order valence-corrected chi connectivity index (χ4v) is 1.68. The van der Waals surface area contributed by atoms with E-state index in [1.54, 1.807) is 0 Å². The van der Waals surface area contributed by atoms with Crippen LogP contribution in [0.5, 0.6) is 0 Å². The molecule has 1 aromatic rings. The molecule has 2 rings (SSSR count). The molecule has 0 unspecified atom stereocenters. The van der Waals surface area contributed by atoms with Crippen molar-refractivity contribution >= 4 is 17.6 Å². The van der Waals surface area contributed by atoms with Crippen molar-refractivity contribution in [1.29, 1.82) is 0 Å². The molecule has 0 aromatic carbocycles. The summed E-state index contributed by atoms with van der Waals surface area (Å²) in [5.74, 6) is 1.90. The molecule has 0 aliphatic carbocycles. The summed E-state index contributed by atoms with van der Waals surface area (Å²) < 4.78 is 0. The summed E-state index contributed by atoms with van der Waals surface area (Å²) in [6.45, 7) is 5.77. The summed E-state index contributed by atoms with van der Waals surface area (Å²) >= 11 is 0. The summed E-state index contributed by atoms with van der Waals surface area (Å²) in [7, 11) is 0. The second-order valence-electron chi connectivity index (χ2n) is 4.43. The summed E-state index contributed by atoms with van der Waals surface area (Å²) in [6, 6.07) is 2.47. The second-order valence-corrected chi connectivity index (χ2v) is 4.43. The van der Waals surface area contributed by atoms with Crippen LogP contribution in [0, 0.1) is 0 Å². The zero-order valence-electron chi connectivity index (χ0n) is 9.64. The quantitative estimate of drug-likeness (QED) is 0.668. The first-order valence-corrected chi connectivity index (χ1v) is 5.46. The molecule has 5 N–H and O–H groups in total. The molecule has 88 valence electrons. The lowest BCUT2D eigenvalue weighted by molar-refractivity contribution is 0.514. The molecule has 0 amide bonds. The zero-order chi connectivity index (χ0) is 11.7. The first-order valence-electron chi connectivity index (χ1n) is 5.46. The summed E-state index contributed by atoms with van der Waals surface area (Å²) in [4.78, 5) is 10.4. The van der Waals surface area contributed by atoms with E-state index in [0.717, 1.165) is 24.7 Å². The second kappa shape index (κ2) is 4.13. The van der Waals surface area contributed by atoms with Crippen LogP contribution in [0.3, 0.4) is 0 Å². The number of hydrogen-bond acceptors (Lipinski definition) is 6. The predicted octanol–water partition coefficient (Wildman–Crippen LogP) is 0.0264. The molecule has 0 radical (unpaired) electrons. The van der Waals surface area contributed by atoms with Crippen LogP contribution >= 0.6 is 0 Å². The Kier molecular flexibility index (Phi) is 2.82. The summed E-state index contributed by atoms with van der Waals surface area (Å²) in [5.41, 5.74) is 11.4. The van der Waals surface area contributed by atoms with E-state index in [4.69, 9.17) is 11.5 Å². The average Bonchev–Trinajstić information content (AvgIpc) is 2.10. The third-order valence-corrected chi connectivity index (χ3v) is 2.40. The number of nitrogens with one attached hydrogen (secondary N) is 1. The molecule has 1 aliphatic rings. The minimum atomic E-state index is 0.248. The number of nitrogens with two attached hydrogens (primary N) is 2. The smallest absolute Gasteiger partial charge is 0.223 e. The van der Waals surface area contributed by atoms with Gasteiger partial charge in [-0.15, -0.1) is 0 Å². The highest BCUT2D eigenvalue weighted by Gasteiger charge is 2.24. The Balaban J connectivity index is 2.15. The number of hydrogen-bond donors (Lipinski definition) is 3. The standard InChI is InChI=1S/C10H18N6/c1-6(2)13-8-3-9(15-10(12)14-8)16-4-7(11)5-16/h3,6-7H,4-5,11H2,1-2H3,(H3,12,13,14,15). The molecule has 1 saturated heterocycles. The van der Waals surface area contributed by atoms with Crippen LogP contribution < -0.4 is 21.7 Å². The van der Waals surface area contributed by atoms with E-state index in [1.807, 2.05) is 6.07 Å². The molecule has 6 heteroatoms. The molecule has 1 aromatic heterocycles. The highest BCUT2D eigenvalue weighted by Crippen LogP contribution is 2.21. The molecule has 16 heavy (non-hydrogen) atoms. The van der Waals surface area contributed by atoms with Gasteiger partial charge in [0.2, 0.25) is 5.95 Å². The molecule has 1 fully saturated rings. The SMILES string of the molecule is CC(C)Nc1cc(N2CC(N)C2)nc(N)n1. The first kappa shape index (κ1) is 10.9. The largest absolute Gasteiger partial charge is 0.368 e. The van der Waals surface area contributed by atoms with Gasteiger partial charge in [-0.05, 0) is 13.8 Å². The average molecular weight is 222 g/mol. The number of anilines is 3. The van der Waals surface area contributed by atoms with Gasteiger partial charge < -0.3 is 21.7 Å². The van der Waals surface area contributed by atoms with E-state index in [1.165, 1.54) is 0 Å². The van der Waals surface area contributed by atoms with E-state index in [-0.39, 0.29) is 6.04 Å². The molecule has 1 aliphatic heterocycles. The van der Waals surface area contributed by atoms with Crippen molar-refractivity contribution in [2.45, 2.75) is 25.9 Å². The maximum absolute atomic E-state index is 5.73. The van der Waals surface area contributed by atoms with Crippen LogP contribution in [-0.2, 0) is 0 Å². The van der Waals surface area contributed by atoms with E-state index in [9.17, 15) is 0 Å². The molecule has 6 nitrogen and oxygen atoms in total. The highest BCUT2D eigenvalue weighted by atomic mass is 15.3. The van der Waals surface area contributed by atoms with Gasteiger partial charge in [0.25, 0.3) is 0 Å². The van der Waals surface area contributed by atoms with Gasteiger partial charge in [-0.2, -0.15) is 9.97 Å². The summed E-state index contributed by atoms with van der Waals surface area (Å²) in [5, 5.41) is 3.21. The summed E-state index contributed by atoms with van der Waals surface area (Å²) in [6.07, 6.45) is 0. The van der Waals surface area contributed by atoms with Gasteiger partial charge in [-0.25, -0.2) is 0 Å². The molecule has 0 bridgehead atoms. The Morgan fingerprint density at radius 3 is 2.69 bits per heavy atom. The normalized spacial score (nSPS) is 16.4. The van der Waals surface area contributed by atoms with Crippen LogP contribution in [0.15, 0.2) is 6.07 Å². The fourth-order valence-electron chi connectivity index (χ4n) is 1.68. The lowest BCUT2D eigenvalue weighted by Gasteiger charge is -2.37. The highest BCUT2D eigenvalue weighted by molar-refractivity contribution is 5.54. The molecular formula is C10H18N6. The minimum Gasteiger partial charge on any atom is -0.368 e. The van der Waals surface area contributed by atoms with Gasteiger partial charge in [0.05, 0.1) is 0 Å². The third kappa shape index (κ3) is 2.33. The van der Waals surface area contributed by atoms with Crippen LogP contribution in [-0.4, -0.2) is 35.1 Å². The fraction of sp³-hybridized carbons (Fsp3) is 0.600. The lowest BCUT2D eigenvalue weighted by Crippen LogP contribution is -2.56. The van der Waals surface area contributed by atoms with E-state index < -0.39 is 0 Å². The van der Waals surface area contributed by atoms with Crippen LogP contribution in [0.2, 0.25) is 0 Å². The maximum atomic E-state index is 5.73. The molecule has 2 heterocycles. The number of aromatic nitrogens is 2. The Bertz CT molecular complexity index is 372. The van der Waals surface area contributed by atoms with Gasteiger partial charge in [0.1, 0.15) is 11.6 Å². The van der Waals surface area contributed by atoms with E-state index in [0.29, 0.717) is 12.0 Å². The van der Waals surface area contributed by atoms with Gasteiger partial charge in [-0.1, -0.05) is 0 Å². The molecule has 0 spiro atoms. The Labute approximate surface area is 95.0 Å².